The van der Waals surface area contributed by atoms with Gasteiger partial charge in [-0.2, -0.15) is 0 Å². The summed E-state index contributed by atoms with van der Waals surface area (Å²) in [5.41, 5.74) is 0.907. The van der Waals surface area contributed by atoms with Crippen molar-refractivity contribution in [2.45, 2.75) is 18.9 Å². The van der Waals surface area contributed by atoms with Crippen LogP contribution in [-0.2, 0) is 0 Å². The summed E-state index contributed by atoms with van der Waals surface area (Å²) in [4.78, 5) is 7.63. The van der Waals surface area contributed by atoms with E-state index in [1.807, 2.05) is 0 Å². The number of rotatable bonds is 2. The van der Waals surface area contributed by atoms with E-state index in [0.717, 1.165) is 5.69 Å². The van der Waals surface area contributed by atoms with Crippen LogP contribution in [0.2, 0.25) is 0 Å². The molecule has 0 unspecified atom stereocenters. The van der Waals surface area contributed by atoms with E-state index >= 15 is 0 Å². The van der Waals surface area contributed by atoms with Gasteiger partial charge in [0, 0.05) is 6.04 Å². The van der Waals surface area contributed by atoms with Gasteiger partial charge in [0.05, 0.1) is 11.9 Å². The Morgan fingerprint density at radius 3 is 3.10 bits per heavy atom. The zero-order chi connectivity index (χ0) is 6.81. The third-order valence-electron chi connectivity index (χ3n) is 1.45. The molecule has 51 valence electrons. The van der Waals surface area contributed by atoms with Crippen molar-refractivity contribution < 1.29 is 0 Å². The summed E-state index contributed by atoms with van der Waals surface area (Å²) in [6.07, 6.45) is 8.57. The average Bonchev–Trinajstić information content (AvgIpc) is 2.74. The highest BCUT2D eigenvalue weighted by atomic mass is 15.0. The largest absolute Gasteiger partial charge is 0.379 e. The first kappa shape index (κ1) is 5.65. The molecule has 1 aliphatic rings. The number of nitrogens with zero attached hydrogens (tertiary/aromatic N) is 2. The van der Waals surface area contributed by atoms with Gasteiger partial charge in [-0.1, -0.05) is 0 Å². The molecular formula is C7H8N3. The molecule has 3 heteroatoms. The number of anilines is 1. The lowest BCUT2D eigenvalue weighted by Gasteiger charge is -1.99. The van der Waals surface area contributed by atoms with E-state index < -0.39 is 0 Å². The van der Waals surface area contributed by atoms with E-state index in [1.54, 1.807) is 6.20 Å². The van der Waals surface area contributed by atoms with Gasteiger partial charge in [-0.15, -0.1) is 0 Å². The number of hydrogen-bond acceptors (Lipinski definition) is 3. The summed E-state index contributed by atoms with van der Waals surface area (Å²) in [6.45, 7) is 0. The van der Waals surface area contributed by atoms with Gasteiger partial charge in [0.2, 0.25) is 0 Å². The van der Waals surface area contributed by atoms with E-state index in [4.69, 9.17) is 0 Å². The van der Waals surface area contributed by atoms with Gasteiger partial charge in [-0.05, 0) is 12.8 Å². The molecule has 1 aromatic heterocycles. The molecule has 0 spiro atoms. The van der Waals surface area contributed by atoms with Crippen LogP contribution < -0.4 is 5.32 Å². The molecule has 1 aromatic rings. The lowest BCUT2D eigenvalue weighted by molar-refractivity contribution is 1.10. The second-order valence-corrected chi connectivity index (χ2v) is 2.47. The molecule has 1 saturated carbocycles. The van der Waals surface area contributed by atoms with Crippen LogP contribution in [0.3, 0.4) is 0 Å². The van der Waals surface area contributed by atoms with Crippen LogP contribution in [0.15, 0.2) is 12.5 Å². The summed E-state index contributed by atoms with van der Waals surface area (Å²) in [7, 11) is 0. The van der Waals surface area contributed by atoms with Crippen molar-refractivity contribution in [1.82, 2.24) is 9.97 Å². The zero-order valence-corrected chi connectivity index (χ0v) is 5.54. The van der Waals surface area contributed by atoms with Crippen LogP contribution in [0.1, 0.15) is 12.8 Å². The van der Waals surface area contributed by atoms with E-state index in [2.05, 4.69) is 21.5 Å². The summed E-state index contributed by atoms with van der Waals surface area (Å²) in [6, 6.07) is 0.655. The summed E-state index contributed by atoms with van der Waals surface area (Å²) in [5, 5.41) is 3.24. The third-order valence-corrected chi connectivity index (χ3v) is 1.45. The lowest BCUT2D eigenvalue weighted by atomic mass is 10.5. The molecule has 0 aliphatic heterocycles. The minimum Gasteiger partial charge on any atom is -0.379 e. The van der Waals surface area contributed by atoms with Gasteiger partial charge in [-0.25, -0.2) is 9.97 Å². The van der Waals surface area contributed by atoms with Gasteiger partial charge in [0.25, 0.3) is 0 Å². The fourth-order valence-electron chi connectivity index (χ4n) is 0.786. The Hall–Kier alpha value is -1.12. The summed E-state index contributed by atoms with van der Waals surface area (Å²) in [5.74, 6) is 0. The Morgan fingerprint density at radius 1 is 1.60 bits per heavy atom. The van der Waals surface area contributed by atoms with Crippen LogP contribution >= 0.6 is 0 Å². The number of aromatic nitrogens is 2. The van der Waals surface area contributed by atoms with E-state index in [-0.39, 0.29) is 0 Å². The van der Waals surface area contributed by atoms with Gasteiger partial charge in [0.1, 0.15) is 12.5 Å². The highest BCUT2D eigenvalue weighted by molar-refractivity contribution is 5.38. The maximum atomic E-state index is 3.86. The maximum Gasteiger partial charge on any atom is 0.117 e. The quantitative estimate of drug-likeness (QED) is 0.651. The van der Waals surface area contributed by atoms with Crippen LogP contribution in [0.4, 0.5) is 5.69 Å². The molecule has 10 heavy (non-hydrogen) atoms. The fraction of sp³-hybridized carbons (Fsp3) is 0.429. The molecule has 0 bridgehead atoms. The monoisotopic (exact) mass is 134 g/mol. The van der Waals surface area contributed by atoms with Crippen molar-refractivity contribution >= 4 is 5.69 Å². The molecule has 3 nitrogen and oxygen atoms in total. The van der Waals surface area contributed by atoms with Crippen LogP contribution in [-0.4, -0.2) is 16.0 Å². The molecule has 2 rings (SSSR count). The molecule has 1 aliphatic carbocycles. The first-order valence-electron chi connectivity index (χ1n) is 3.39. The van der Waals surface area contributed by atoms with Crippen molar-refractivity contribution in [2.24, 2.45) is 0 Å². The zero-order valence-electron chi connectivity index (χ0n) is 5.54. The molecule has 1 radical (unpaired) electrons. The Morgan fingerprint density at radius 2 is 2.50 bits per heavy atom. The minimum absolute atomic E-state index is 0.655. The maximum absolute atomic E-state index is 3.86. The molecule has 1 heterocycles. The molecule has 1 fully saturated rings. The predicted molar refractivity (Wildman–Crippen MR) is 37.5 cm³/mol. The second-order valence-electron chi connectivity index (χ2n) is 2.47. The second kappa shape index (κ2) is 2.25. The smallest absolute Gasteiger partial charge is 0.117 e. The van der Waals surface area contributed by atoms with Gasteiger partial charge < -0.3 is 5.32 Å². The highest BCUT2D eigenvalue weighted by Crippen LogP contribution is 2.23. The predicted octanol–water partition coefficient (Wildman–Crippen LogP) is 0.851. The molecule has 0 atom stereocenters. The minimum atomic E-state index is 0.655. The third kappa shape index (κ3) is 1.23. The molecule has 1 N–H and O–H groups in total. The van der Waals surface area contributed by atoms with Crippen molar-refractivity contribution in [3.8, 4) is 0 Å². The first-order chi connectivity index (χ1) is 4.95. The number of hydrogen-bond donors (Lipinski definition) is 1. The van der Waals surface area contributed by atoms with Crippen molar-refractivity contribution in [3.05, 3.63) is 18.7 Å². The van der Waals surface area contributed by atoms with E-state index in [9.17, 15) is 0 Å². The normalized spacial score (nSPS) is 16.8. The molecule has 0 amide bonds. The van der Waals surface area contributed by atoms with E-state index in [1.165, 1.54) is 19.2 Å². The first-order valence-corrected chi connectivity index (χ1v) is 3.39. The topological polar surface area (TPSA) is 37.8 Å². The summed E-state index contributed by atoms with van der Waals surface area (Å²) >= 11 is 0. The van der Waals surface area contributed by atoms with Gasteiger partial charge >= 0.3 is 0 Å². The lowest BCUT2D eigenvalue weighted by Crippen LogP contribution is -2.01. The Labute approximate surface area is 59.5 Å². The standard InChI is InChI=1S/C7H8N3/c1-2-6(1)10-7-3-8-5-9-4-7/h3,5-6,10H,1-2H2. The molecule has 0 saturated heterocycles. The van der Waals surface area contributed by atoms with Crippen LogP contribution in [0.25, 0.3) is 0 Å². The van der Waals surface area contributed by atoms with Gasteiger partial charge in [-0.3, -0.25) is 0 Å². The average molecular weight is 134 g/mol. The van der Waals surface area contributed by atoms with E-state index in [0.29, 0.717) is 6.04 Å². The van der Waals surface area contributed by atoms with Gasteiger partial charge in [0.15, 0.2) is 0 Å². The molecule has 0 aromatic carbocycles. The highest BCUT2D eigenvalue weighted by Gasteiger charge is 2.20. The molecular weight excluding hydrogens is 126 g/mol. The fourth-order valence-corrected chi connectivity index (χ4v) is 0.786. The SMILES string of the molecule is [c]1ncncc1NC1CC1. The Balaban J connectivity index is 2.03. The van der Waals surface area contributed by atoms with Crippen LogP contribution in [0.5, 0.6) is 0 Å². The number of nitrogens with one attached hydrogen (secondary N) is 1. The van der Waals surface area contributed by atoms with Crippen molar-refractivity contribution in [1.29, 1.82) is 0 Å². The van der Waals surface area contributed by atoms with Crippen LogP contribution in [0, 0.1) is 6.20 Å². The Kier molecular flexibility index (Phi) is 1.27. The summed E-state index contributed by atoms with van der Waals surface area (Å²) < 4.78 is 0. The van der Waals surface area contributed by atoms with Crippen molar-refractivity contribution in [3.63, 3.8) is 0 Å². The Bertz CT molecular complexity index is 205. The van der Waals surface area contributed by atoms with Crippen molar-refractivity contribution in [2.75, 3.05) is 5.32 Å².